The standard InChI is InChI=1S/C14H17BrClN3O/c1-9-7-19(13-6-11(15)4-5-12(13)16)14(17-9)18-10(2)8-20-3/h4-7,10H,8H2,1-3H3,(H,17,18). The van der Waals surface area contributed by atoms with E-state index in [1.807, 2.05) is 42.8 Å². The molecule has 4 nitrogen and oxygen atoms in total. The molecule has 1 aromatic heterocycles. The first-order chi connectivity index (χ1) is 9.51. The molecule has 2 rings (SSSR count). The van der Waals surface area contributed by atoms with Gasteiger partial charge in [0.15, 0.2) is 0 Å². The molecular formula is C14H17BrClN3O. The third-order valence-corrected chi connectivity index (χ3v) is 3.60. The molecule has 1 heterocycles. The zero-order valence-corrected chi connectivity index (χ0v) is 14.0. The zero-order valence-electron chi connectivity index (χ0n) is 11.7. The van der Waals surface area contributed by atoms with Crippen molar-refractivity contribution < 1.29 is 4.74 Å². The molecule has 2 aromatic rings. The van der Waals surface area contributed by atoms with Crippen LogP contribution < -0.4 is 5.32 Å². The van der Waals surface area contributed by atoms with Crippen molar-refractivity contribution in [2.45, 2.75) is 19.9 Å². The van der Waals surface area contributed by atoms with E-state index in [2.05, 4.69) is 26.2 Å². The number of anilines is 1. The van der Waals surface area contributed by atoms with Crippen LogP contribution in [0.3, 0.4) is 0 Å². The van der Waals surface area contributed by atoms with Crippen LogP contribution >= 0.6 is 27.5 Å². The Morgan fingerprint density at radius 1 is 1.50 bits per heavy atom. The van der Waals surface area contributed by atoms with E-state index in [-0.39, 0.29) is 6.04 Å². The quantitative estimate of drug-likeness (QED) is 0.876. The molecule has 1 aromatic carbocycles. The minimum atomic E-state index is 0.159. The molecule has 0 radical (unpaired) electrons. The van der Waals surface area contributed by atoms with Gasteiger partial charge in [-0.05, 0) is 32.0 Å². The minimum absolute atomic E-state index is 0.159. The number of halogens is 2. The average molecular weight is 359 g/mol. The number of aromatic nitrogens is 2. The predicted octanol–water partition coefficient (Wildman–Crippen LogP) is 4.04. The van der Waals surface area contributed by atoms with Crippen LogP contribution in [-0.2, 0) is 4.74 Å². The highest BCUT2D eigenvalue weighted by atomic mass is 79.9. The van der Waals surface area contributed by atoms with Crippen LogP contribution in [0, 0.1) is 6.92 Å². The maximum atomic E-state index is 6.29. The van der Waals surface area contributed by atoms with E-state index in [9.17, 15) is 0 Å². The molecule has 0 bridgehead atoms. The third kappa shape index (κ3) is 3.53. The predicted molar refractivity (Wildman–Crippen MR) is 86.0 cm³/mol. The number of nitrogens with zero attached hydrogens (tertiary/aromatic N) is 2. The summed E-state index contributed by atoms with van der Waals surface area (Å²) >= 11 is 9.76. The summed E-state index contributed by atoms with van der Waals surface area (Å²) in [7, 11) is 1.68. The van der Waals surface area contributed by atoms with Gasteiger partial charge in [-0.15, -0.1) is 0 Å². The molecule has 0 aliphatic heterocycles. The van der Waals surface area contributed by atoms with Gasteiger partial charge in [-0.2, -0.15) is 0 Å². The lowest BCUT2D eigenvalue weighted by Crippen LogP contribution is -2.22. The summed E-state index contributed by atoms with van der Waals surface area (Å²) in [4.78, 5) is 4.50. The summed E-state index contributed by atoms with van der Waals surface area (Å²) in [5.74, 6) is 0.757. The monoisotopic (exact) mass is 357 g/mol. The van der Waals surface area contributed by atoms with Gasteiger partial charge >= 0.3 is 0 Å². The van der Waals surface area contributed by atoms with Crippen molar-refractivity contribution in [3.8, 4) is 5.69 Å². The molecule has 0 aliphatic carbocycles. The van der Waals surface area contributed by atoms with Crippen LogP contribution in [0.1, 0.15) is 12.6 Å². The highest BCUT2D eigenvalue weighted by Gasteiger charge is 2.13. The fourth-order valence-corrected chi connectivity index (χ4v) is 2.52. The molecule has 0 spiro atoms. The Balaban J connectivity index is 2.38. The Morgan fingerprint density at radius 3 is 2.95 bits per heavy atom. The molecular weight excluding hydrogens is 342 g/mol. The Labute approximate surface area is 132 Å². The number of nitrogens with one attached hydrogen (secondary N) is 1. The number of benzene rings is 1. The van der Waals surface area contributed by atoms with Crippen LogP contribution in [0.2, 0.25) is 5.02 Å². The maximum Gasteiger partial charge on any atom is 0.208 e. The summed E-state index contributed by atoms with van der Waals surface area (Å²) in [6.07, 6.45) is 1.95. The molecule has 0 saturated carbocycles. The molecule has 1 atom stereocenters. The lowest BCUT2D eigenvalue weighted by Gasteiger charge is -2.16. The maximum absolute atomic E-state index is 6.29. The molecule has 20 heavy (non-hydrogen) atoms. The van der Waals surface area contributed by atoms with E-state index in [4.69, 9.17) is 16.3 Å². The van der Waals surface area contributed by atoms with Gasteiger partial charge in [0.1, 0.15) is 0 Å². The molecule has 108 valence electrons. The number of methoxy groups -OCH3 is 1. The lowest BCUT2D eigenvalue weighted by molar-refractivity contribution is 0.190. The van der Waals surface area contributed by atoms with E-state index in [1.165, 1.54) is 0 Å². The number of rotatable bonds is 5. The van der Waals surface area contributed by atoms with E-state index >= 15 is 0 Å². The summed E-state index contributed by atoms with van der Waals surface area (Å²) < 4.78 is 8.06. The van der Waals surface area contributed by atoms with Crippen LogP contribution in [0.5, 0.6) is 0 Å². The highest BCUT2D eigenvalue weighted by Crippen LogP contribution is 2.27. The Hall–Kier alpha value is -1.04. The normalized spacial score (nSPS) is 12.4. The molecule has 6 heteroatoms. The Bertz CT molecular complexity index is 600. The number of aryl methyl sites for hydroxylation is 1. The van der Waals surface area contributed by atoms with Crippen LogP contribution in [-0.4, -0.2) is 29.3 Å². The second kappa shape index (κ2) is 6.61. The van der Waals surface area contributed by atoms with Crippen molar-refractivity contribution in [1.82, 2.24) is 9.55 Å². The van der Waals surface area contributed by atoms with Gasteiger partial charge in [0.05, 0.1) is 23.0 Å². The fraction of sp³-hybridized carbons (Fsp3) is 0.357. The van der Waals surface area contributed by atoms with Crippen LogP contribution in [0.4, 0.5) is 5.95 Å². The minimum Gasteiger partial charge on any atom is -0.383 e. The SMILES string of the molecule is COCC(C)Nc1nc(C)cn1-c1cc(Br)ccc1Cl. The van der Waals surface area contributed by atoms with Crippen molar-refractivity contribution >= 4 is 33.5 Å². The van der Waals surface area contributed by atoms with Crippen LogP contribution in [0.15, 0.2) is 28.9 Å². The van der Waals surface area contributed by atoms with E-state index in [0.29, 0.717) is 11.6 Å². The highest BCUT2D eigenvalue weighted by molar-refractivity contribution is 9.10. The molecule has 1 unspecified atom stereocenters. The van der Waals surface area contributed by atoms with Gasteiger partial charge in [-0.3, -0.25) is 4.57 Å². The number of imidazole rings is 1. The summed E-state index contributed by atoms with van der Waals surface area (Å²) in [5.41, 5.74) is 1.81. The van der Waals surface area contributed by atoms with Crippen LogP contribution in [0.25, 0.3) is 5.69 Å². The number of hydrogen-bond donors (Lipinski definition) is 1. The van der Waals surface area contributed by atoms with Gasteiger partial charge in [0.2, 0.25) is 5.95 Å². The van der Waals surface area contributed by atoms with Crippen molar-refractivity contribution in [1.29, 1.82) is 0 Å². The smallest absolute Gasteiger partial charge is 0.208 e. The summed E-state index contributed by atoms with van der Waals surface area (Å²) in [6.45, 7) is 4.60. The second-order valence-electron chi connectivity index (χ2n) is 4.67. The van der Waals surface area contributed by atoms with Gasteiger partial charge in [0, 0.05) is 23.8 Å². The van der Waals surface area contributed by atoms with Gasteiger partial charge in [-0.1, -0.05) is 27.5 Å². The number of ether oxygens (including phenoxy) is 1. The third-order valence-electron chi connectivity index (χ3n) is 2.79. The van der Waals surface area contributed by atoms with Crippen molar-refractivity contribution in [3.05, 3.63) is 39.6 Å². The molecule has 0 amide bonds. The summed E-state index contributed by atoms with van der Waals surface area (Å²) in [5, 5.41) is 4.00. The second-order valence-corrected chi connectivity index (χ2v) is 6.00. The molecule has 0 fully saturated rings. The fourth-order valence-electron chi connectivity index (χ4n) is 1.97. The van der Waals surface area contributed by atoms with E-state index in [1.54, 1.807) is 7.11 Å². The van der Waals surface area contributed by atoms with Crippen molar-refractivity contribution in [2.24, 2.45) is 0 Å². The average Bonchev–Trinajstić information content (AvgIpc) is 2.73. The molecule has 1 N–H and O–H groups in total. The zero-order chi connectivity index (χ0) is 14.7. The summed E-state index contributed by atoms with van der Waals surface area (Å²) in [6, 6.07) is 5.90. The first-order valence-electron chi connectivity index (χ1n) is 6.28. The molecule has 0 aliphatic rings. The Morgan fingerprint density at radius 2 is 2.25 bits per heavy atom. The largest absolute Gasteiger partial charge is 0.383 e. The first-order valence-corrected chi connectivity index (χ1v) is 7.45. The Kier molecular flexibility index (Phi) is 5.07. The van der Waals surface area contributed by atoms with Crippen molar-refractivity contribution in [3.63, 3.8) is 0 Å². The van der Waals surface area contributed by atoms with Crippen molar-refractivity contribution in [2.75, 3.05) is 19.0 Å². The van der Waals surface area contributed by atoms with E-state index in [0.717, 1.165) is 21.8 Å². The number of hydrogen-bond acceptors (Lipinski definition) is 3. The van der Waals surface area contributed by atoms with Gasteiger partial charge in [0.25, 0.3) is 0 Å². The lowest BCUT2D eigenvalue weighted by atomic mass is 10.3. The van der Waals surface area contributed by atoms with Gasteiger partial charge in [-0.25, -0.2) is 4.98 Å². The van der Waals surface area contributed by atoms with Gasteiger partial charge < -0.3 is 10.1 Å². The topological polar surface area (TPSA) is 39.1 Å². The van der Waals surface area contributed by atoms with E-state index < -0.39 is 0 Å². The molecule has 0 saturated heterocycles. The first kappa shape index (κ1) is 15.4.